The monoisotopic (exact) mass is 365 g/mol. The summed E-state index contributed by atoms with van der Waals surface area (Å²) >= 11 is 0. The highest BCUT2D eigenvalue weighted by molar-refractivity contribution is 5.94. The van der Waals surface area contributed by atoms with Crippen molar-refractivity contribution in [3.63, 3.8) is 0 Å². The quantitative estimate of drug-likeness (QED) is 0.769. The van der Waals surface area contributed by atoms with E-state index in [1.807, 2.05) is 58.1 Å². The van der Waals surface area contributed by atoms with Crippen LogP contribution in [0.2, 0.25) is 0 Å². The van der Waals surface area contributed by atoms with Gasteiger partial charge < -0.3 is 19.4 Å². The van der Waals surface area contributed by atoms with Gasteiger partial charge in [0.1, 0.15) is 0 Å². The number of aryl methyl sites for hydroxylation is 1. The van der Waals surface area contributed by atoms with E-state index in [-0.39, 0.29) is 11.8 Å². The number of aromatic nitrogens is 3. The van der Waals surface area contributed by atoms with E-state index < -0.39 is 0 Å². The highest BCUT2D eigenvalue weighted by atomic mass is 16.2. The van der Waals surface area contributed by atoms with Crippen molar-refractivity contribution in [3.05, 3.63) is 54.1 Å². The summed E-state index contributed by atoms with van der Waals surface area (Å²) in [6.07, 6.45) is 6.52. The third-order valence-electron chi connectivity index (χ3n) is 5.05. The summed E-state index contributed by atoms with van der Waals surface area (Å²) in [5.74, 6) is 0.137. The molecular formula is C20H23N5O2. The first-order valence-electron chi connectivity index (χ1n) is 9.21. The Balaban J connectivity index is 1.38. The summed E-state index contributed by atoms with van der Waals surface area (Å²) in [4.78, 5) is 36.4. The normalized spacial score (nSPS) is 15.1. The largest absolute Gasteiger partial charge is 0.356 e. The number of carbonyl (C=O) groups excluding carboxylic acids is 2. The molecule has 7 heteroatoms. The average molecular weight is 365 g/mol. The minimum absolute atomic E-state index is 0.0367. The Morgan fingerprint density at radius 1 is 1.11 bits per heavy atom. The predicted octanol–water partition coefficient (Wildman–Crippen LogP) is 1.82. The van der Waals surface area contributed by atoms with Gasteiger partial charge in [0.15, 0.2) is 0 Å². The minimum Gasteiger partial charge on any atom is -0.356 e. The third kappa shape index (κ3) is 3.72. The number of nitrogens with one attached hydrogen (secondary N) is 1. The summed E-state index contributed by atoms with van der Waals surface area (Å²) in [6.45, 7) is 2.50. The van der Waals surface area contributed by atoms with Crippen LogP contribution in [0, 0.1) is 0 Å². The fourth-order valence-electron chi connectivity index (χ4n) is 3.56. The lowest BCUT2D eigenvalue weighted by Crippen LogP contribution is -2.37. The first kappa shape index (κ1) is 17.3. The summed E-state index contributed by atoms with van der Waals surface area (Å²) in [7, 11) is 1.90. The van der Waals surface area contributed by atoms with E-state index >= 15 is 0 Å². The summed E-state index contributed by atoms with van der Waals surface area (Å²) in [6, 6.07) is 7.69. The van der Waals surface area contributed by atoms with Crippen molar-refractivity contribution in [2.24, 2.45) is 7.05 Å². The molecule has 1 fully saturated rings. The summed E-state index contributed by atoms with van der Waals surface area (Å²) in [5.41, 5.74) is 3.51. The molecule has 0 saturated carbocycles. The standard InChI is InChI=1S/C20H23N5O2/c1-23-8-5-16(13-23)20(27)25-7-2-6-24(9-10-25)19(26)12-15-3-4-17-18(11-15)22-14-21-17/h3-5,8,11,13-14H,2,6-7,9-10,12H2,1H3,(H,21,22). The zero-order valence-electron chi connectivity index (χ0n) is 15.4. The Kier molecular flexibility index (Phi) is 4.66. The molecule has 0 spiro atoms. The molecule has 0 aliphatic carbocycles. The molecule has 1 aliphatic heterocycles. The van der Waals surface area contributed by atoms with E-state index in [9.17, 15) is 9.59 Å². The van der Waals surface area contributed by atoms with E-state index in [1.165, 1.54) is 0 Å². The number of carbonyl (C=O) groups is 2. The van der Waals surface area contributed by atoms with Gasteiger partial charge in [-0.1, -0.05) is 6.07 Å². The smallest absolute Gasteiger partial charge is 0.255 e. The molecule has 7 nitrogen and oxygen atoms in total. The molecule has 140 valence electrons. The van der Waals surface area contributed by atoms with Crippen LogP contribution in [0.3, 0.4) is 0 Å². The van der Waals surface area contributed by atoms with Crippen molar-refractivity contribution in [3.8, 4) is 0 Å². The fraction of sp³-hybridized carbons (Fsp3) is 0.350. The molecule has 3 heterocycles. The molecule has 2 aromatic heterocycles. The molecular weight excluding hydrogens is 342 g/mol. The number of H-pyrrole nitrogens is 1. The SMILES string of the molecule is Cn1ccc(C(=O)N2CCCN(C(=O)Cc3ccc4nc[nH]c4c3)CC2)c1. The van der Waals surface area contributed by atoms with Gasteiger partial charge in [-0.25, -0.2) is 4.98 Å². The lowest BCUT2D eigenvalue weighted by atomic mass is 10.1. The van der Waals surface area contributed by atoms with Crippen molar-refractivity contribution >= 4 is 22.8 Å². The number of imidazole rings is 1. The first-order chi connectivity index (χ1) is 13.1. The van der Waals surface area contributed by atoms with Crippen LogP contribution in [0.25, 0.3) is 11.0 Å². The van der Waals surface area contributed by atoms with Crippen molar-refractivity contribution in [1.82, 2.24) is 24.3 Å². The van der Waals surface area contributed by atoms with Gasteiger partial charge in [0, 0.05) is 45.6 Å². The Hall–Kier alpha value is -3.09. The zero-order chi connectivity index (χ0) is 18.8. The van der Waals surface area contributed by atoms with Crippen molar-refractivity contribution in [2.75, 3.05) is 26.2 Å². The van der Waals surface area contributed by atoms with Gasteiger partial charge in [0.05, 0.1) is 29.3 Å². The number of hydrogen-bond acceptors (Lipinski definition) is 3. The van der Waals surface area contributed by atoms with Gasteiger partial charge in [-0.2, -0.15) is 0 Å². The highest BCUT2D eigenvalue weighted by Gasteiger charge is 2.23. The van der Waals surface area contributed by atoms with E-state index in [2.05, 4.69) is 9.97 Å². The molecule has 4 rings (SSSR count). The van der Waals surface area contributed by atoms with Gasteiger partial charge in [0.25, 0.3) is 5.91 Å². The Labute approximate surface area is 157 Å². The number of aromatic amines is 1. The first-order valence-corrected chi connectivity index (χ1v) is 9.21. The second-order valence-corrected chi connectivity index (χ2v) is 7.02. The Morgan fingerprint density at radius 2 is 1.93 bits per heavy atom. The van der Waals surface area contributed by atoms with Crippen molar-refractivity contribution in [1.29, 1.82) is 0 Å². The van der Waals surface area contributed by atoms with Gasteiger partial charge >= 0.3 is 0 Å². The van der Waals surface area contributed by atoms with Crippen LogP contribution in [0.1, 0.15) is 22.3 Å². The molecule has 0 bridgehead atoms. The number of benzene rings is 1. The molecule has 2 amide bonds. The molecule has 1 N–H and O–H groups in total. The molecule has 27 heavy (non-hydrogen) atoms. The molecule has 3 aromatic rings. The average Bonchev–Trinajstić information content (AvgIpc) is 3.22. The fourth-order valence-corrected chi connectivity index (χ4v) is 3.56. The third-order valence-corrected chi connectivity index (χ3v) is 5.05. The van der Waals surface area contributed by atoms with E-state index in [1.54, 1.807) is 6.33 Å². The predicted molar refractivity (Wildman–Crippen MR) is 102 cm³/mol. The number of fused-ring (bicyclic) bond motifs is 1. The van der Waals surface area contributed by atoms with Gasteiger partial charge in [-0.05, 0) is 30.2 Å². The van der Waals surface area contributed by atoms with Crippen LogP contribution in [-0.4, -0.2) is 62.3 Å². The Morgan fingerprint density at radius 3 is 2.74 bits per heavy atom. The maximum Gasteiger partial charge on any atom is 0.255 e. The van der Waals surface area contributed by atoms with Crippen molar-refractivity contribution in [2.45, 2.75) is 12.8 Å². The maximum atomic E-state index is 12.7. The Bertz CT molecular complexity index is 974. The second kappa shape index (κ2) is 7.26. The number of nitrogens with zero attached hydrogens (tertiary/aromatic N) is 4. The van der Waals surface area contributed by atoms with Crippen LogP contribution in [0.15, 0.2) is 43.0 Å². The van der Waals surface area contributed by atoms with Crippen LogP contribution in [0.5, 0.6) is 0 Å². The number of hydrogen-bond donors (Lipinski definition) is 1. The molecule has 1 aromatic carbocycles. The van der Waals surface area contributed by atoms with E-state index in [4.69, 9.17) is 0 Å². The van der Waals surface area contributed by atoms with Crippen LogP contribution in [0.4, 0.5) is 0 Å². The number of amides is 2. The van der Waals surface area contributed by atoms with E-state index in [0.29, 0.717) is 38.2 Å². The second-order valence-electron chi connectivity index (χ2n) is 7.02. The topological polar surface area (TPSA) is 74.2 Å². The van der Waals surface area contributed by atoms with Crippen molar-refractivity contribution < 1.29 is 9.59 Å². The molecule has 0 atom stereocenters. The summed E-state index contributed by atoms with van der Waals surface area (Å²) < 4.78 is 1.87. The summed E-state index contributed by atoms with van der Waals surface area (Å²) in [5, 5.41) is 0. The molecule has 1 saturated heterocycles. The van der Waals surface area contributed by atoms with Gasteiger partial charge in [-0.15, -0.1) is 0 Å². The zero-order valence-corrected chi connectivity index (χ0v) is 15.4. The van der Waals surface area contributed by atoms with Gasteiger partial charge in [-0.3, -0.25) is 9.59 Å². The van der Waals surface area contributed by atoms with Gasteiger partial charge in [0.2, 0.25) is 5.91 Å². The lowest BCUT2D eigenvalue weighted by molar-refractivity contribution is -0.130. The highest BCUT2D eigenvalue weighted by Crippen LogP contribution is 2.14. The number of rotatable bonds is 3. The maximum absolute atomic E-state index is 12.7. The van der Waals surface area contributed by atoms with Crippen LogP contribution < -0.4 is 0 Å². The lowest BCUT2D eigenvalue weighted by Gasteiger charge is -2.22. The van der Waals surface area contributed by atoms with Crippen LogP contribution >= 0.6 is 0 Å². The van der Waals surface area contributed by atoms with Crippen LogP contribution in [-0.2, 0) is 18.3 Å². The molecule has 0 unspecified atom stereocenters. The molecule has 1 aliphatic rings. The minimum atomic E-state index is 0.0367. The van der Waals surface area contributed by atoms with E-state index in [0.717, 1.165) is 23.0 Å². The molecule has 0 radical (unpaired) electrons.